The molecule has 2 nitrogen and oxygen atoms in total. The van der Waals surface area contributed by atoms with Crippen LogP contribution in [0.25, 0.3) is 0 Å². The van der Waals surface area contributed by atoms with Crippen molar-refractivity contribution in [1.82, 2.24) is 10.6 Å². The average Bonchev–Trinajstić information content (AvgIpc) is 2.49. The van der Waals surface area contributed by atoms with E-state index in [4.69, 9.17) is 0 Å². The van der Waals surface area contributed by atoms with E-state index < -0.39 is 0 Å². The second-order valence-electron chi connectivity index (χ2n) is 5.11. The van der Waals surface area contributed by atoms with Crippen LogP contribution in [0.3, 0.4) is 0 Å². The molecule has 1 aliphatic heterocycles. The summed E-state index contributed by atoms with van der Waals surface area (Å²) >= 11 is 0. The lowest BCUT2D eigenvalue weighted by Crippen LogP contribution is -2.38. The highest BCUT2D eigenvalue weighted by atomic mass is 35.5. The van der Waals surface area contributed by atoms with Crippen molar-refractivity contribution in [2.45, 2.75) is 12.0 Å². The van der Waals surface area contributed by atoms with Crippen molar-refractivity contribution in [3.05, 3.63) is 71.3 Å². The van der Waals surface area contributed by atoms with E-state index in [1.165, 1.54) is 16.7 Å². The Hall–Kier alpha value is -1.06. The molecule has 1 aliphatic rings. The predicted molar refractivity (Wildman–Crippen MR) is 93.9 cm³/mol. The van der Waals surface area contributed by atoms with Crippen LogP contribution in [0.1, 0.15) is 28.7 Å². The molecule has 2 aromatic carbocycles. The highest BCUT2D eigenvalue weighted by Gasteiger charge is 2.26. The first-order chi connectivity index (χ1) is 9.40. The molecule has 21 heavy (non-hydrogen) atoms. The van der Waals surface area contributed by atoms with Gasteiger partial charge in [0.15, 0.2) is 0 Å². The molecule has 2 atom stereocenters. The average molecular weight is 325 g/mol. The first kappa shape index (κ1) is 18.0. The zero-order valence-electron chi connectivity index (χ0n) is 12.1. The lowest BCUT2D eigenvalue weighted by Gasteiger charge is -2.33. The van der Waals surface area contributed by atoms with E-state index in [1.807, 2.05) is 7.05 Å². The molecule has 0 saturated carbocycles. The minimum Gasteiger partial charge on any atom is -0.318 e. The Kier molecular flexibility index (Phi) is 7.20. The molecule has 2 N–H and O–H groups in total. The second kappa shape index (κ2) is 8.40. The van der Waals surface area contributed by atoms with Crippen molar-refractivity contribution in [1.29, 1.82) is 0 Å². The molecule has 0 bridgehead atoms. The quantitative estimate of drug-likeness (QED) is 0.902. The molecule has 0 aromatic heterocycles. The van der Waals surface area contributed by atoms with E-state index in [1.54, 1.807) is 0 Å². The Morgan fingerprint density at radius 3 is 2.24 bits per heavy atom. The fourth-order valence-corrected chi connectivity index (χ4v) is 2.99. The van der Waals surface area contributed by atoms with E-state index in [2.05, 4.69) is 65.2 Å². The maximum atomic E-state index is 3.66. The van der Waals surface area contributed by atoms with Gasteiger partial charge in [-0.2, -0.15) is 0 Å². The highest BCUT2D eigenvalue weighted by Crippen LogP contribution is 2.33. The van der Waals surface area contributed by atoms with Crippen LogP contribution in [-0.2, 0) is 0 Å². The first-order valence-electron chi connectivity index (χ1n) is 6.92. The number of hydrogen-bond acceptors (Lipinski definition) is 2. The molecule has 0 fully saturated rings. The van der Waals surface area contributed by atoms with Crippen LogP contribution in [0.2, 0.25) is 0 Å². The lowest BCUT2D eigenvalue weighted by atomic mass is 9.82. The molecule has 0 aliphatic carbocycles. The van der Waals surface area contributed by atoms with Crippen LogP contribution in [0.5, 0.6) is 0 Å². The fourth-order valence-electron chi connectivity index (χ4n) is 2.99. The number of hydrogen-bond donors (Lipinski definition) is 2. The van der Waals surface area contributed by atoms with Gasteiger partial charge in [-0.15, -0.1) is 24.8 Å². The van der Waals surface area contributed by atoms with Crippen molar-refractivity contribution in [2.75, 3.05) is 20.1 Å². The largest absolute Gasteiger partial charge is 0.318 e. The van der Waals surface area contributed by atoms with Gasteiger partial charge in [-0.25, -0.2) is 0 Å². The summed E-state index contributed by atoms with van der Waals surface area (Å²) in [6.45, 7) is 1.98. The Labute approximate surface area is 139 Å². The zero-order chi connectivity index (χ0) is 13.1. The third-order valence-electron chi connectivity index (χ3n) is 3.93. The van der Waals surface area contributed by atoms with Crippen molar-refractivity contribution in [3.8, 4) is 0 Å². The monoisotopic (exact) mass is 324 g/mol. The Morgan fingerprint density at radius 2 is 1.57 bits per heavy atom. The van der Waals surface area contributed by atoms with Gasteiger partial charge in [0.25, 0.3) is 0 Å². The lowest BCUT2D eigenvalue weighted by molar-refractivity contribution is 0.463. The van der Waals surface area contributed by atoms with Gasteiger partial charge in [-0.3, -0.25) is 0 Å². The van der Waals surface area contributed by atoms with E-state index in [-0.39, 0.29) is 24.8 Å². The minimum absolute atomic E-state index is 0. The van der Waals surface area contributed by atoms with Crippen molar-refractivity contribution >= 4 is 24.8 Å². The number of rotatable bonds is 3. The molecule has 0 unspecified atom stereocenters. The highest BCUT2D eigenvalue weighted by molar-refractivity contribution is 5.85. The molecule has 1 heterocycles. The van der Waals surface area contributed by atoms with E-state index in [9.17, 15) is 0 Å². The van der Waals surface area contributed by atoms with Gasteiger partial charge in [-0.1, -0.05) is 54.6 Å². The van der Waals surface area contributed by atoms with Gasteiger partial charge in [0.05, 0.1) is 0 Å². The Balaban J connectivity index is 0.00000110. The zero-order valence-corrected chi connectivity index (χ0v) is 13.7. The maximum Gasteiger partial charge on any atom is 0.0449 e. The summed E-state index contributed by atoms with van der Waals surface area (Å²) in [6, 6.07) is 20.0. The summed E-state index contributed by atoms with van der Waals surface area (Å²) in [5.74, 6) is 0.463. The Morgan fingerprint density at radius 1 is 0.952 bits per heavy atom. The smallest absolute Gasteiger partial charge is 0.0449 e. The van der Waals surface area contributed by atoms with Gasteiger partial charge in [-0.05, 0) is 23.7 Å². The number of fused-ring (bicyclic) bond motifs is 1. The topological polar surface area (TPSA) is 24.1 Å². The van der Waals surface area contributed by atoms with Crippen LogP contribution in [-0.4, -0.2) is 20.1 Å². The van der Waals surface area contributed by atoms with Crippen LogP contribution < -0.4 is 10.6 Å². The summed E-state index contributed by atoms with van der Waals surface area (Å²) in [7, 11) is 2.01. The van der Waals surface area contributed by atoms with Crippen LogP contribution in [0, 0.1) is 0 Å². The van der Waals surface area contributed by atoms with E-state index in [0.29, 0.717) is 12.0 Å². The third kappa shape index (κ3) is 3.78. The van der Waals surface area contributed by atoms with Crippen LogP contribution in [0.15, 0.2) is 54.6 Å². The molecule has 0 saturated heterocycles. The van der Waals surface area contributed by atoms with E-state index >= 15 is 0 Å². The molecule has 0 amide bonds. The van der Waals surface area contributed by atoms with Crippen molar-refractivity contribution in [2.24, 2.45) is 0 Å². The molecule has 0 radical (unpaired) electrons. The number of halogens is 2. The molecule has 114 valence electrons. The normalized spacial score (nSPS) is 19.9. The first-order valence-corrected chi connectivity index (χ1v) is 6.92. The maximum absolute atomic E-state index is 3.66. The van der Waals surface area contributed by atoms with Gasteiger partial charge in [0, 0.05) is 25.0 Å². The van der Waals surface area contributed by atoms with Gasteiger partial charge in [0.1, 0.15) is 0 Å². The summed E-state index contributed by atoms with van der Waals surface area (Å²) in [4.78, 5) is 0. The summed E-state index contributed by atoms with van der Waals surface area (Å²) in [5, 5.41) is 6.93. The predicted octanol–water partition coefficient (Wildman–Crippen LogP) is 3.53. The molecular weight excluding hydrogens is 303 g/mol. The Bertz CT molecular complexity index is 545. The van der Waals surface area contributed by atoms with Gasteiger partial charge in [0.2, 0.25) is 0 Å². The number of benzene rings is 2. The second-order valence-corrected chi connectivity index (χ2v) is 5.11. The number of nitrogens with one attached hydrogen (secondary N) is 2. The molecule has 0 spiro atoms. The SMILES string of the molecule is CNC[C@@H]1NC[C@@H](c2ccccc2)c2ccccc21.Cl.Cl. The summed E-state index contributed by atoms with van der Waals surface area (Å²) in [6.07, 6.45) is 0. The fraction of sp³-hybridized carbons (Fsp3) is 0.294. The van der Waals surface area contributed by atoms with Crippen LogP contribution >= 0.6 is 24.8 Å². The molecule has 4 heteroatoms. The van der Waals surface area contributed by atoms with Gasteiger partial charge >= 0.3 is 0 Å². The minimum atomic E-state index is 0. The van der Waals surface area contributed by atoms with Crippen LogP contribution in [0.4, 0.5) is 0 Å². The van der Waals surface area contributed by atoms with Crippen molar-refractivity contribution < 1.29 is 0 Å². The standard InChI is InChI=1S/C17H20N2.2ClH/c1-18-12-17-15-10-6-5-9-14(15)16(11-19-17)13-7-3-2-4-8-13;;/h2-10,16-19H,11-12H2,1H3;2*1H/t16-,17-;;/m0../s1. The van der Waals surface area contributed by atoms with Crippen molar-refractivity contribution in [3.63, 3.8) is 0 Å². The summed E-state index contributed by atoms with van der Waals surface area (Å²) in [5.41, 5.74) is 4.29. The summed E-state index contributed by atoms with van der Waals surface area (Å²) < 4.78 is 0. The molecular formula is C17H22Cl2N2. The van der Waals surface area contributed by atoms with E-state index in [0.717, 1.165) is 13.1 Å². The van der Waals surface area contributed by atoms with Gasteiger partial charge < -0.3 is 10.6 Å². The molecule has 3 rings (SSSR count). The molecule has 2 aromatic rings. The number of likely N-dealkylation sites (N-methyl/N-ethyl adjacent to an activating group) is 1. The third-order valence-corrected chi connectivity index (χ3v) is 3.93.